The van der Waals surface area contributed by atoms with Gasteiger partial charge in [-0.05, 0) is 38.3 Å². The molecule has 0 aromatic heterocycles. The Morgan fingerprint density at radius 1 is 1.28 bits per heavy atom. The Morgan fingerprint density at radius 2 is 2.04 bits per heavy atom. The van der Waals surface area contributed by atoms with E-state index >= 15 is 0 Å². The number of carbonyl (C=O) groups excluding carboxylic acids is 2. The third kappa shape index (κ3) is 4.27. The van der Waals surface area contributed by atoms with Crippen molar-refractivity contribution in [1.82, 2.24) is 9.80 Å². The number of rotatable bonds is 5. The molecule has 0 bridgehead atoms. The summed E-state index contributed by atoms with van der Waals surface area (Å²) in [5, 5.41) is 0. The van der Waals surface area contributed by atoms with Crippen molar-refractivity contribution in [2.75, 3.05) is 6.54 Å². The van der Waals surface area contributed by atoms with Gasteiger partial charge in [0.25, 0.3) is 5.91 Å². The normalized spacial score (nSPS) is 24.4. The summed E-state index contributed by atoms with van der Waals surface area (Å²) in [5.41, 5.74) is 3.03. The minimum absolute atomic E-state index is 0.171. The number of amides is 2. The molecule has 2 heterocycles. The topological polar surface area (TPSA) is 40.6 Å². The molecule has 1 atom stereocenters. The van der Waals surface area contributed by atoms with E-state index in [1.54, 1.807) is 18.4 Å². The van der Waals surface area contributed by atoms with Crippen LogP contribution in [-0.4, -0.2) is 34.2 Å². The SMILES string of the molecule is C=C/C=C1/CCCN(C2CC(=O)N(/C=C/C=C\C(C)=C\C)C2=O)C1=C. The van der Waals surface area contributed by atoms with E-state index in [-0.39, 0.29) is 18.2 Å². The molecule has 2 rings (SSSR count). The molecule has 132 valence electrons. The number of carbonyl (C=O) groups is 2. The molecule has 1 unspecified atom stereocenters. The third-order valence-electron chi connectivity index (χ3n) is 4.58. The lowest BCUT2D eigenvalue weighted by Gasteiger charge is -2.36. The standard InChI is InChI=1S/C21H26N2O2/c1-5-10-18-12-9-14-22(17(18)4)19-15-20(24)23(21(19)25)13-8-7-11-16(3)6-2/h5-8,10-11,13,19H,1,4,9,12,14-15H2,2-3H3/b11-7-,13-8+,16-6+,18-10-. The molecule has 0 aliphatic carbocycles. The lowest BCUT2D eigenvalue weighted by Crippen LogP contribution is -2.42. The van der Waals surface area contributed by atoms with E-state index in [4.69, 9.17) is 0 Å². The minimum atomic E-state index is -0.459. The van der Waals surface area contributed by atoms with Crippen LogP contribution >= 0.6 is 0 Å². The van der Waals surface area contributed by atoms with E-state index in [1.807, 2.05) is 43.1 Å². The smallest absolute Gasteiger partial charge is 0.256 e. The number of piperidine rings is 1. The zero-order valence-electron chi connectivity index (χ0n) is 15.1. The van der Waals surface area contributed by atoms with Gasteiger partial charge in [0.15, 0.2) is 0 Å². The largest absolute Gasteiger partial charge is 0.359 e. The highest BCUT2D eigenvalue weighted by atomic mass is 16.2. The summed E-state index contributed by atoms with van der Waals surface area (Å²) < 4.78 is 0. The zero-order chi connectivity index (χ0) is 18.4. The molecule has 0 aromatic carbocycles. The van der Waals surface area contributed by atoms with Gasteiger partial charge in [-0.25, -0.2) is 0 Å². The van der Waals surface area contributed by atoms with Crippen molar-refractivity contribution in [2.24, 2.45) is 0 Å². The second-order valence-corrected chi connectivity index (χ2v) is 6.23. The predicted molar refractivity (Wildman–Crippen MR) is 101 cm³/mol. The molecule has 0 radical (unpaired) electrons. The van der Waals surface area contributed by atoms with Gasteiger partial charge in [0.05, 0.1) is 6.42 Å². The second-order valence-electron chi connectivity index (χ2n) is 6.23. The summed E-state index contributed by atoms with van der Waals surface area (Å²) in [6.45, 7) is 12.5. The fourth-order valence-corrected chi connectivity index (χ4v) is 3.04. The van der Waals surface area contributed by atoms with Crippen molar-refractivity contribution in [1.29, 1.82) is 0 Å². The molecule has 25 heavy (non-hydrogen) atoms. The Bertz CT molecular complexity index is 695. The monoisotopic (exact) mass is 338 g/mol. The van der Waals surface area contributed by atoms with Crippen LogP contribution in [0.5, 0.6) is 0 Å². The number of imide groups is 1. The number of nitrogens with zero attached hydrogens (tertiary/aromatic N) is 2. The summed E-state index contributed by atoms with van der Waals surface area (Å²) in [4.78, 5) is 28.2. The van der Waals surface area contributed by atoms with Crippen molar-refractivity contribution in [3.63, 3.8) is 0 Å². The maximum Gasteiger partial charge on any atom is 0.256 e. The zero-order valence-corrected chi connectivity index (χ0v) is 15.1. The summed E-state index contributed by atoms with van der Waals surface area (Å²) in [6.07, 6.45) is 14.8. The van der Waals surface area contributed by atoms with Gasteiger partial charge in [0.1, 0.15) is 6.04 Å². The molecule has 0 spiro atoms. The van der Waals surface area contributed by atoms with Crippen LogP contribution in [0.25, 0.3) is 0 Å². The van der Waals surface area contributed by atoms with Crippen LogP contribution in [0.1, 0.15) is 33.1 Å². The number of likely N-dealkylation sites (tertiary alicyclic amines) is 2. The average molecular weight is 338 g/mol. The molecule has 2 amide bonds. The van der Waals surface area contributed by atoms with Gasteiger partial charge in [0, 0.05) is 18.4 Å². The van der Waals surface area contributed by atoms with Crippen molar-refractivity contribution in [2.45, 2.75) is 39.2 Å². The number of hydrogen-bond donors (Lipinski definition) is 0. The Morgan fingerprint density at radius 3 is 2.72 bits per heavy atom. The Balaban J connectivity index is 2.11. The first-order chi connectivity index (χ1) is 12.0. The average Bonchev–Trinajstić information content (AvgIpc) is 2.88. The highest BCUT2D eigenvalue weighted by Gasteiger charge is 2.42. The molecular formula is C21H26N2O2. The lowest BCUT2D eigenvalue weighted by atomic mass is 9.98. The maximum absolute atomic E-state index is 12.7. The van der Waals surface area contributed by atoms with Gasteiger partial charge in [0.2, 0.25) is 5.91 Å². The molecule has 0 aromatic rings. The van der Waals surface area contributed by atoms with Gasteiger partial charge in [-0.3, -0.25) is 14.5 Å². The molecule has 0 N–H and O–H groups in total. The Kier molecular flexibility index (Phi) is 6.34. The van der Waals surface area contributed by atoms with Crippen LogP contribution < -0.4 is 0 Å². The molecule has 2 aliphatic heterocycles. The number of allylic oxidation sites excluding steroid dienone is 8. The van der Waals surface area contributed by atoms with E-state index in [0.29, 0.717) is 0 Å². The molecular weight excluding hydrogens is 312 g/mol. The van der Waals surface area contributed by atoms with E-state index in [9.17, 15) is 9.59 Å². The number of hydrogen-bond acceptors (Lipinski definition) is 3. The molecule has 0 saturated carbocycles. The lowest BCUT2D eigenvalue weighted by molar-refractivity contribution is -0.136. The van der Waals surface area contributed by atoms with Crippen LogP contribution in [0.3, 0.4) is 0 Å². The van der Waals surface area contributed by atoms with Crippen molar-refractivity contribution < 1.29 is 9.59 Å². The molecule has 2 saturated heterocycles. The van der Waals surface area contributed by atoms with Crippen LogP contribution in [0.4, 0.5) is 0 Å². The molecule has 2 aliphatic rings. The minimum Gasteiger partial charge on any atom is -0.359 e. The van der Waals surface area contributed by atoms with Gasteiger partial charge in [-0.1, -0.05) is 49.1 Å². The summed E-state index contributed by atoms with van der Waals surface area (Å²) >= 11 is 0. The molecule has 4 nitrogen and oxygen atoms in total. The maximum atomic E-state index is 12.7. The van der Waals surface area contributed by atoms with Crippen molar-refractivity contribution >= 4 is 11.8 Å². The highest BCUT2D eigenvalue weighted by Crippen LogP contribution is 2.31. The van der Waals surface area contributed by atoms with Gasteiger partial charge < -0.3 is 4.90 Å². The summed E-state index contributed by atoms with van der Waals surface area (Å²) in [5.74, 6) is -0.353. The summed E-state index contributed by atoms with van der Waals surface area (Å²) in [6, 6.07) is -0.459. The fraction of sp³-hybridized carbons (Fsp3) is 0.333. The van der Waals surface area contributed by atoms with Crippen LogP contribution in [0.15, 0.2) is 72.7 Å². The highest BCUT2D eigenvalue weighted by molar-refractivity contribution is 6.06. The molecule has 2 fully saturated rings. The summed E-state index contributed by atoms with van der Waals surface area (Å²) in [7, 11) is 0. The van der Waals surface area contributed by atoms with Crippen LogP contribution in [0, 0.1) is 0 Å². The van der Waals surface area contributed by atoms with Crippen LogP contribution in [-0.2, 0) is 9.59 Å². The predicted octanol–water partition coefficient (Wildman–Crippen LogP) is 3.87. The Hall–Kier alpha value is -2.62. The van der Waals surface area contributed by atoms with Gasteiger partial charge in [-0.2, -0.15) is 0 Å². The quantitative estimate of drug-likeness (QED) is 0.564. The van der Waals surface area contributed by atoms with Gasteiger partial charge in [-0.15, -0.1) is 0 Å². The second kappa shape index (κ2) is 8.47. The van der Waals surface area contributed by atoms with E-state index in [2.05, 4.69) is 13.2 Å². The van der Waals surface area contributed by atoms with E-state index in [1.165, 1.54) is 4.90 Å². The van der Waals surface area contributed by atoms with Crippen molar-refractivity contribution in [3.05, 3.63) is 72.7 Å². The first-order valence-electron chi connectivity index (χ1n) is 8.60. The third-order valence-corrected chi connectivity index (χ3v) is 4.58. The van der Waals surface area contributed by atoms with E-state index < -0.39 is 6.04 Å². The molecule has 4 heteroatoms. The van der Waals surface area contributed by atoms with Crippen LogP contribution in [0.2, 0.25) is 0 Å². The Labute approximate surface area is 150 Å². The first-order valence-corrected chi connectivity index (χ1v) is 8.60. The first kappa shape index (κ1) is 18.7. The van der Waals surface area contributed by atoms with Crippen molar-refractivity contribution in [3.8, 4) is 0 Å². The van der Waals surface area contributed by atoms with Gasteiger partial charge >= 0.3 is 0 Å². The fourth-order valence-electron chi connectivity index (χ4n) is 3.04. The van der Waals surface area contributed by atoms with E-state index in [0.717, 1.165) is 36.2 Å².